The SMILES string of the molecule is C[C@H](Oc1ccc(Cl)cc1)C(=O)NOCCN. The van der Waals surface area contributed by atoms with Crippen LogP contribution >= 0.6 is 11.6 Å². The van der Waals surface area contributed by atoms with Crippen molar-refractivity contribution in [2.24, 2.45) is 5.73 Å². The number of halogens is 1. The third kappa shape index (κ3) is 5.04. The van der Waals surface area contributed by atoms with E-state index in [2.05, 4.69) is 5.48 Å². The van der Waals surface area contributed by atoms with E-state index < -0.39 is 6.10 Å². The van der Waals surface area contributed by atoms with E-state index in [1.54, 1.807) is 31.2 Å². The Bertz CT molecular complexity index is 356. The Morgan fingerprint density at radius 1 is 1.47 bits per heavy atom. The Hall–Kier alpha value is -1.30. The van der Waals surface area contributed by atoms with Gasteiger partial charge in [-0.2, -0.15) is 0 Å². The number of carbonyl (C=O) groups excluding carboxylic acids is 1. The van der Waals surface area contributed by atoms with Gasteiger partial charge in [0.2, 0.25) is 0 Å². The van der Waals surface area contributed by atoms with Gasteiger partial charge in [-0.05, 0) is 31.2 Å². The molecule has 1 rings (SSSR count). The minimum atomic E-state index is -0.658. The van der Waals surface area contributed by atoms with Crippen LogP contribution in [0.1, 0.15) is 6.92 Å². The molecule has 17 heavy (non-hydrogen) atoms. The van der Waals surface area contributed by atoms with E-state index >= 15 is 0 Å². The highest BCUT2D eigenvalue weighted by molar-refractivity contribution is 6.30. The predicted molar refractivity (Wildman–Crippen MR) is 64.7 cm³/mol. The number of hydrogen-bond donors (Lipinski definition) is 2. The van der Waals surface area contributed by atoms with Gasteiger partial charge in [-0.25, -0.2) is 5.48 Å². The van der Waals surface area contributed by atoms with Crippen molar-refractivity contribution in [1.82, 2.24) is 5.48 Å². The molecular weight excluding hydrogens is 244 g/mol. The lowest BCUT2D eigenvalue weighted by atomic mass is 10.3. The number of nitrogens with two attached hydrogens (primary N) is 1. The largest absolute Gasteiger partial charge is 0.481 e. The minimum Gasteiger partial charge on any atom is -0.481 e. The fourth-order valence-electron chi connectivity index (χ4n) is 1.03. The van der Waals surface area contributed by atoms with Crippen molar-refractivity contribution in [3.05, 3.63) is 29.3 Å². The summed E-state index contributed by atoms with van der Waals surface area (Å²) in [4.78, 5) is 16.3. The van der Waals surface area contributed by atoms with Gasteiger partial charge in [0.05, 0.1) is 6.61 Å². The van der Waals surface area contributed by atoms with Crippen LogP contribution in [0, 0.1) is 0 Å². The zero-order chi connectivity index (χ0) is 12.7. The first-order valence-corrected chi connectivity index (χ1v) is 5.55. The first-order valence-electron chi connectivity index (χ1n) is 5.17. The van der Waals surface area contributed by atoms with Crippen molar-refractivity contribution in [2.75, 3.05) is 13.2 Å². The fraction of sp³-hybridized carbons (Fsp3) is 0.364. The summed E-state index contributed by atoms with van der Waals surface area (Å²) in [5.74, 6) is 0.198. The summed E-state index contributed by atoms with van der Waals surface area (Å²) < 4.78 is 5.38. The van der Waals surface area contributed by atoms with Crippen molar-refractivity contribution in [3.8, 4) is 5.75 Å². The maximum absolute atomic E-state index is 11.5. The lowest BCUT2D eigenvalue weighted by Gasteiger charge is -2.14. The average molecular weight is 259 g/mol. The van der Waals surface area contributed by atoms with E-state index in [0.29, 0.717) is 17.3 Å². The van der Waals surface area contributed by atoms with Gasteiger partial charge >= 0.3 is 0 Å². The van der Waals surface area contributed by atoms with Crippen LogP contribution in [-0.4, -0.2) is 25.2 Å². The molecule has 0 saturated heterocycles. The Kier molecular flexibility index (Phi) is 5.76. The van der Waals surface area contributed by atoms with Crippen LogP contribution in [0.3, 0.4) is 0 Å². The van der Waals surface area contributed by atoms with Crippen molar-refractivity contribution < 1.29 is 14.4 Å². The molecule has 0 radical (unpaired) electrons. The van der Waals surface area contributed by atoms with Crippen LogP contribution in [0.4, 0.5) is 0 Å². The third-order valence-electron chi connectivity index (χ3n) is 1.89. The summed E-state index contributed by atoms with van der Waals surface area (Å²) in [5.41, 5.74) is 7.45. The summed E-state index contributed by atoms with van der Waals surface area (Å²) in [5, 5.41) is 0.612. The maximum Gasteiger partial charge on any atom is 0.284 e. The summed E-state index contributed by atoms with van der Waals surface area (Å²) in [6, 6.07) is 6.75. The van der Waals surface area contributed by atoms with Gasteiger partial charge in [0.1, 0.15) is 5.75 Å². The Balaban J connectivity index is 2.40. The minimum absolute atomic E-state index is 0.263. The van der Waals surface area contributed by atoms with E-state index in [0.717, 1.165) is 0 Å². The third-order valence-corrected chi connectivity index (χ3v) is 2.14. The number of benzene rings is 1. The van der Waals surface area contributed by atoms with E-state index in [1.807, 2.05) is 0 Å². The zero-order valence-corrected chi connectivity index (χ0v) is 10.2. The molecular formula is C11H15ClN2O3. The first-order chi connectivity index (χ1) is 8.13. The second-order valence-electron chi connectivity index (χ2n) is 3.32. The molecule has 0 bridgehead atoms. The molecule has 0 fully saturated rings. The van der Waals surface area contributed by atoms with E-state index in [1.165, 1.54) is 0 Å². The smallest absolute Gasteiger partial charge is 0.284 e. The lowest BCUT2D eigenvalue weighted by molar-refractivity contribution is -0.139. The van der Waals surface area contributed by atoms with Crippen LogP contribution in [-0.2, 0) is 9.63 Å². The van der Waals surface area contributed by atoms with Crippen molar-refractivity contribution >= 4 is 17.5 Å². The van der Waals surface area contributed by atoms with Gasteiger partial charge in [-0.1, -0.05) is 11.6 Å². The fourth-order valence-corrected chi connectivity index (χ4v) is 1.16. The van der Waals surface area contributed by atoms with Gasteiger partial charge in [0, 0.05) is 11.6 Å². The average Bonchev–Trinajstić information content (AvgIpc) is 2.32. The quantitative estimate of drug-likeness (QED) is 0.592. The summed E-state index contributed by atoms with van der Waals surface area (Å²) in [7, 11) is 0. The molecule has 1 aromatic carbocycles. The molecule has 0 unspecified atom stereocenters. The molecule has 94 valence electrons. The molecule has 6 heteroatoms. The molecule has 0 aliphatic rings. The number of ether oxygens (including phenoxy) is 1. The van der Waals surface area contributed by atoms with Crippen molar-refractivity contribution in [2.45, 2.75) is 13.0 Å². The molecule has 0 heterocycles. The highest BCUT2D eigenvalue weighted by atomic mass is 35.5. The van der Waals surface area contributed by atoms with Crippen LogP contribution in [0.25, 0.3) is 0 Å². The highest BCUT2D eigenvalue weighted by Crippen LogP contribution is 2.16. The Morgan fingerprint density at radius 3 is 2.71 bits per heavy atom. The molecule has 0 spiro atoms. The number of amides is 1. The Morgan fingerprint density at radius 2 is 2.12 bits per heavy atom. The number of hydrogen-bond acceptors (Lipinski definition) is 4. The molecule has 0 aromatic heterocycles. The van der Waals surface area contributed by atoms with Crippen LogP contribution in [0.5, 0.6) is 5.75 Å². The lowest BCUT2D eigenvalue weighted by Crippen LogP contribution is -2.37. The number of nitrogens with one attached hydrogen (secondary N) is 1. The van der Waals surface area contributed by atoms with Crippen molar-refractivity contribution in [1.29, 1.82) is 0 Å². The molecule has 0 saturated carbocycles. The van der Waals surface area contributed by atoms with Crippen LogP contribution in [0.15, 0.2) is 24.3 Å². The van der Waals surface area contributed by atoms with Gasteiger partial charge in [-0.15, -0.1) is 0 Å². The topological polar surface area (TPSA) is 73.6 Å². The second-order valence-corrected chi connectivity index (χ2v) is 3.75. The standard InChI is InChI=1S/C11H15ClN2O3/c1-8(11(15)14-16-7-6-13)17-10-4-2-9(12)3-5-10/h2-5,8H,6-7,13H2,1H3,(H,14,15)/t8-/m0/s1. The molecule has 5 nitrogen and oxygen atoms in total. The van der Waals surface area contributed by atoms with Gasteiger partial charge in [-0.3, -0.25) is 9.63 Å². The van der Waals surface area contributed by atoms with E-state index in [-0.39, 0.29) is 12.5 Å². The predicted octanol–water partition coefficient (Wildman–Crippen LogP) is 1.11. The van der Waals surface area contributed by atoms with Gasteiger partial charge in [0.15, 0.2) is 6.10 Å². The highest BCUT2D eigenvalue weighted by Gasteiger charge is 2.14. The number of carbonyl (C=O) groups is 1. The van der Waals surface area contributed by atoms with Gasteiger partial charge < -0.3 is 10.5 Å². The normalized spacial score (nSPS) is 11.9. The maximum atomic E-state index is 11.5. The summed E-state index contributed by atoms with van der Waals surface area (Å²) in [6.07, 6.45) is -0.658. The summed E-state index contributed by atoms with van der Waals surface area (Å²) in [6.45, 7) is 2.22. The molecule has 3 N–H and O–H groups in total. The van der Waals surface area contributed by atoms with Crippen LogP contribution < -0.4 is 16.0 Å². The number of rotatable bonds is 6. The zero-order valence-electron chi connectivity index (χ0n) is 9.48. The van der Waals surface area contributed by atoms with Crippen LogP contribution in [0.2, 0.25) is 5.02 Å². The molecule has 1 aromatic rings. The first kappa shape index (κ1) is 13.8. The molecule has 1 atom stereocenters. The molecule has 0 aliphatic heterocycles. The number of hydroxylamine groups is 1. The van der Waals surface area contributed by atoms with E-state index in [4.69, 9.17) is 26.9 Å². The Labute approximate surface area is 105 Å². The van der Waals surface area contributed by atoms with Crippen molar-refractivity contribution in [3.63, 3.8) is 0 Å². The second kappa shape index (κ2) is 7.11. The molecule has 0 aliphatic carbocycles. The molecule has 1 amide bonds. The van der Waals surface area contributed by atoms with E-state index in [9.17, 15) is 4.79 Å². The monoisotopic (exact) mass is 258 g/mol. The summed E-state index contributed by atoms with van der Waals surface area (Å²) >= 11 is 5.73. The van der Waals surface area contributed by atoms with Gasteiger partial charge in [0.25, 0.3) is 5.91 Å².